The highest BCUT2D eigenvalue weighted by molar-refractivity contribution is 5.85. The van der Waals surface area contributed by atoms with Gasteiger partial charge in [-0.1, -0.05) is 31.4 Å². The molecule has 0 bridgehead atoms. The summed E-state index contributed by atoms with van der Waals surface area (Å²) in [6, 6.07) is 13.0. The minimum absolute atomic E-state index is 0.186. The molecule has 36 heavy (non-hydrogen) atoms. The Morgan fingerprint density at radius 1 is 1.17 bits per heavy atom. The third-order valence-electron chi connectivity index (χ3n) is 6.29. The fourth-order valence-corrected chi connectivity index (χ4v) is 4.46. The quantitative estimate of drug-likeness (QED) is 0.335. The van der Waals surface area contributed by atoms with E-state index in [4.69, 9.17) is 14.5 Å². The minimum atomic E-state index is -0.447. The predicted molar refractivity (Wildman–Crippen MR) is 142 cm³/mol. The van der Waals surface area contributed by atoms with Crippen molar-refractivity contribution in [3.63, 3.8) is 0 Å². The van der Waals surface area contributed by atoms with Gasteiger partial charge in [-0.15, -0.1) is 0 Å². The van der Waals surface area contributed by atoms with Crippen LogP contribution in [0.5, 0.6) is 5.75 Å². The Kier molecular flexibility index (Phi) is 8.03. The Labute approximate surface area is 211 Å². The highest BCUT2D eigenvalue weighted by Crippen LogP contribution is 2.32. The highest BCUT2D eigenvalue weighted by atomic mass is 16.6. The molecule has 8 heteroatoms. The number of carbonyl (C=O) groups is 1. The van der Waals surface area contributed by atoms with Gasteiger partial charge >= 0.3 is 5.97 Å². The van der Waals surface area contributed by atoms with E-state index in [0.29, 0.717) is 28.0 Å². The largest absolute Gasteiger partial charge is 0.481 e. The molecule has 4 rings (SSSR count). The van der Waals surface area contributed by atoms with Gasteiger partial charge in [0, 0.05) is 37.3 Å². The van der Waals surface area contributed by atoms with E-state index in [-0.39, 0.29) is 24.2 Å². The van der Waals surface area contributed by atoms with E-state index in [0.717, 1.165) is 31.4 Å². The first-order chi connectivity index (χ1) is 17.3. The summed E-state index contributed by atoms with van der Waals surface area (Å²) in [6.07, 6.45) is 6.80. The first-order valence-electron chi connectivity index (χ1n) is 12.5. The molecule has 1 aromatic heterocycles. The molecule has 2 aromatic carbocycles. The molecular weight excluding hydrogens is 456 g/mol. The zero-order chi connectivity index (χ0) is 25.7. The second-order valence-corrected chi connectivity index (χ2v) is 9.63. The molecule has 0 unspecified atom stereocenters. The Morgan fingerprint density at radius 3 is 2.64 bits per heavy atom. The van der Waals surface area contributed by atoms with Crippen LogP contribution in [0.15, 0.2) is 52.4 Å². The molecule has 1 fully saturated rings. The fraction of sp³-hybridized carbons (Fsp3) is 0.429. The number of hydrogen-bond acceptors (Lipinski definition) is 7. The zero-order valence-corrected chi connectivity index (χ0v) is 21.4. The molecule has 1 aliphatic carbocycles. The van der Waals surface area contributed by atoms with Crippen molar-refractivity contribution < 1.29 is 14.3 Å². The summed E-state index contributed by atoms with van der Waals surface area (Å²) < 4.78 is 12.5. The monoisotopic (exact) mass is 490 g/mol. The number of anilines is 1. The van der Waals surface area contributed by atoms with Crippen LogP contribution in [0.4, 0.5) is 5.69 Å². The number of para-hydroxylation sites is 1. The van der Waals surface area contributed by atoms with Crippen molar-refractivity contribution in [1.82, 2.24) is 9.66 Å². The number of aromatic nitrogens is 2. The lowest BCUT2D eigenvalue weighted by Gasteiger charge is -2.22. The number of carbonyl (C=O) groups excluding carboxylic acids is 1. The number of fused-ring (bicyclic) bond motifs is 1. The summed E-state index contributed by atoms with van der Waals surface area (Å²) in [7, 11) is 3.85. The van der Waals surface area contributed by atoms with Crippen LogP contribution in [0, 0.1) is 0 Å². The average Bonchev–Trinajstić information content (AvgIpc) is 2.87. The Morgan fingerprint density at radius 2 is 1.92 bits per heavy atom. The van der Waals surface area contributed by atoms with Gasteiger partial charge in [0.25, 0.3) is 5.56 Å². The summed E-state index contributed by atoms with van der Waals surface area (Å²) in [5.74, 6) is 0.915. The first kappa shape index (κ1) is 25.4. The van der Waals surface area contributed by atoms with E-state index in [1.165, 1.54) is 11.1 Å². The number of nitrogens with zero attached hydrogens (tertiary/aromatic N) is 4. The van der Waals surface area contributed by atoms with Crippen molar-refractivity contribution in [3.8, 4) is 5.75 Å². The van der Waals surface area contributed by atoms with Gasteiger partial charge in [0.1, 0.15) is 11.6 Å². The number of benzene rings is 2. The molecule has 0 atom stereocenters. The number of ether oxygens (including phenoxy) is 2. The van der Waals surface area contributed by atoms with Gasteiger partial charge in [-0.25, -0.2) is 9.78 Å². The van der Waals surface area contributed by atoms with Gasteiger partial charge in [0.15, 0.2) is 6.61 Å². The van der Waals surface area contributed by atoms with E-state index < -0.39 is 5.97 Å². The molecule has 0 aliphatic heterocycles. The Hall–Kier alpha value is -3.68. The summed E-state index contributed by atoms with van der Waals surface area (Å²) in [4.78, 5) is 32.4. The van der Waals surface area contributed by atoms with Crippen LogP contribution in [0.25, 0.3) is 10.9 Å². The standard InChI is InChI=1S/C28H34N4O4/c1-19(2)36-26(33)18-35-25-16-22(31(3)4)15-14-21(25)17-29-32-27(20-10-6-5-7-11-20)30-24-13-9-8-12-23(24)28(32)34/h8-9,12-17,19-20H,5-7,10-11,18H2,1-4H3. The normalized spacial score (nSPS) is 14.5. The molecule has 0 saturated heterocycles. The molecular formula is C28H34N4O4. The van der Waals surface area contributed by atoms with Crippen molar-refractivity contribution in [1.29, 1.82) is 0 Å². The van der Waals surface area contributed by atoms with Gasteiger partial charge in [-0.3, -0.25) is 4.79 Å². The van der Waals surface area contributed by atoms with Gasteiger partial charge in [-0.05, 0) is 51.0 Å². The lowest BCUT2D eigenvalue weighted by Crippen LogP contribution is -2.25. The van der Waals surface area contributed by atoms with Crippen LogP contribution in [-0.4, -0.2) is 48.7 Å². The average molecular weight is 491 g/mol. The lowest BCUT2D eigenvalue weighted by atomic mass is 9.88. The molecule has 1 heterocycles. The van der Waals surface area contributed by atoms with E-state index >= 15 is 0 Å². The van der Waals surface area contributed by atoms with Crippen molar-refractivity contribution in [3.05, 3.63) is 64.2 Å². The maximum Gasteiger partial charge on any atom is 0.344 e. The third-order valence-corrected chi connectivity index (χ3v) is 6.29. The molecule has 0 radical (unpaired) electrons. The lowest BCUT2D eigenvalue weighted by molar-refractivity contribution is -0.149. The minimum Gasteiger partial charge on any atom is -0.481 e. The van der Waals surface area contributed by atoms with Crippen molar-refractivity contribution >= 4 is 28.8 Å². The third kappa shape index (κ3) is 5.93. The van der Waals surface area contributed by atoms with Crippen molar-refractivity contribution in [2.45, 2.75) is 58.0 Å². The summed E-state index contributed by atoms with van der Waals surface area (Å²) in [6.45, 7) is 3.37. The van der Waals surface area contributed by atoms with E-state index in [1.54, 1.807) is 26.1 Å². The fourth-order valence-electron chi connectivity index (χ4n) is 4.46. The Balaban J connectivity index is 1.73. The first-order valence-corrected chi connectivity index (χ1v) is 12.5. The molecule has 190 valence electrons. The van der Waals surface area contributed by atoms with Crippen LogP contribution in [0.2, 0.25) is 0 Å². The topological polar surface area (TPSA) is 86.0 Å². The molecule has 0 spiro atoms. The molecule has 3 aromatic rings. The van der Waals surface area contributed by atoms with Crippen LogP contribution >= 0.6 is 0 Å². The Bertz CT molecular complexity index is 1310. The predicted octanol–water partition coefficient (Wildman–Crippen LogP) is 4.72. The van der Waals surface area contributed by atoms with Crippen LogP contribution in [0.1, 0.15) is 63.3 Å². The summed E-state index contributed by atoms with van der Waals surface area (Å²) >= 11 is 0. The van der Waals surface area contributed by atoms with Crippen LogP contribution in [-0.2, 0) is 9.53 Å². The van der Waals surface area contributed by atoms with E-state index in [9.17, 15) is 9.59 Å². The van der Waals surface area contributed by atoms with Gasteiger partial charge < -0.3 is 14.4 Å². The second-order valence-electron chi connectivity index (χ2n) is 9.63. The zero-order valence-electron chi connectivity index (χ0n) is 21.4. The maximum atomic E-state index is 13.5. The second kappa shape index (κ2) is 11.4. The summed E-state index contributed by atoms with van der Waals surface area (Å²) in [5, 5.41) is 5.15. The van der Waals surface area contributed by atoms with Gasteiger partial charge in [0.05, 0.1) is 23.2 Å². The van der Waals surface area contributed by atoms with E-state index in [1.807, 2.05) is 55.4 Å². The molecule has 0 N–H and O–H groups in total. The van der Waals surface area contributed by atoms with Gasteiger partial charge in [-0.2, -0.15) is 9.78 Å². The van der Waals surface area contributed by atoms with E-state index in [2.05, 4.69) is 5.10 Å². The van der Waals surface area contributed by atoms with Crippen molar-refractivity contribution in [2.75, 3.05) is 25.6 Å². The van der Waals surface area contributed by atoms with Crippen molar-refractivity contribution in [2.24, 2.45) is 5.10 Å². The van der Waals surface area contributed by atoms with Crippen LogP contribution < -0.4 is 15.2 Å². The maximum absolute atomic E-state index is 13.5. The smallest absolute Gasteiger partial charge is 0.344 e. The number of rotatable bonds is 8. The molecule has 1 aliphatic rings. The number of hydrogen-bond donors (Lipinski definition) is 0. The summed E-state index contributed by atoms with van der Waals surface area (Å²) in [5.41, 5.74) is 2.06. The van der Waals surface area contributed by atoms with Gasteiger partial charge in [0.2, 0.25) is 0 Å². The SMILES string of the molecule is CC(C)OC(=O)COc1cc(N(C)C)ccc1C=Nn1c(C2CCCCC2)nc2ccccc2c1=O. The molecule has 1 saturated carbocycles. The highest BCUT2D eigenvalue weighted by Gasteiger charge is 2.22. The van der Waals surface area contributed by atoms with Crippen LogP contribution in [0.3, 0.4) is 0 Å². The molecule has 0 amide bonds. The number of esters is 1. The molecule has 8 nitrogen and oxygen atoms in total.